The Bertz CT molecular complexity index is 1370. The lowest BCUT2D eigenvalue weighted by Gasteiger charge is -2.35. The Morgan fingerprint density at radius 3 is 2.49 bits per heavy atom. The summed E-state index contributed by atoms with van der Waals surface area (Å²) in [6.45, 7) is 4.07. The molecule has 2 N–H and O–H groups in total. The largest absolute Gasteiger partial charge is 0.497 e. The fourth-order valence-corrected chi connectivity index (χ4v) is 4.01. The molecule has 4 rings (SSSR count). The van der Waals surface area contributed by atoms with E-state index in [1.54, 1.807) is 19.2 Å². The van der Waals surface area contributed by atoms with Gasteiger partial charge in [-0.25, -0.2) is 13.2 Å². The van der Waals surface area contributed by atoms with Gasteiger partial charge in [0.2, 0.25) is 0 Å². The number of carbonyl (C=O) groups excluding carboxylic acids is 2. The van der Waals surface area contributed by atoms with Crippen LogP contribution in [0.15, 0.2) is 60.7 Å². The number of hydrogen-bond donors (Lipinski definition) is 2. The predicted octanol–water partition coefficient (Wildman–Crippen LogP) is 5.51. The van der Waals surface area contributed by atoms with Crippen LogP contribution in [0.25, 0.3) is 5.70 Å². The third-order valence-corrected chi connectivity index (χ3v) is 5.65. The Balaban J connectivity index is 1.61. The van der Waals surface area contributed by atoms with Crippen LogP contribution in [0.4, 0.5) is 18.9 Å². The fraction of sp³-hybridized carbons (Fsp3) is 0.185. The number of ketones is 1. The van der Waals surface area contributed by atoms with Crippen molar-refractivity contribution in [1.82, 2.24) is 5.32 Å². The first-order valence-corrected chi connectivity index (χ1v) is 10.8. The summed E-state index contributed by atoms with van der Waals surface area (Å²) < 4.78 is 45.9. The number of fused-ring (bicyclic) bond motifs is 1. The molecule has 0 saturated carbocycles. The van der Waals surface area contributed by atoms with Gasteiger partial charge in [-0.15, -0.1) is 0 Å². The molecule has 0 bridgehead atoms. The molecule has 0 aliphatic carbocycles. The van der Waals surface area contributed by atoms with E-state index in [4.69, 9.17) is 4.74 Å². The number of nitrogens with one attached hydrogen (secondary N) is 2. The highest BCUT2D eigenvalue weighted by Gasteiger charge is 2.28. The van der Waals surface area contributed by atoms with Crippen molar-refractivity contribution in [2.45, 2.75) is 25.8 Å². The molecule has 1 amide bonds. The lowest BCUT2D eigenvalue weighted by molar-refractivity contribution is 0.101. The fourth-order valence-electron chi connectivity index (χ4n) is 4.01. The zero-order valence-corrected chi connectivity index (χ0v) is 19.3. The van der Waals surface area contributed by atoms with Crippen LogP contribution in [-0.2, 0) is 6.42 Å². The first-order valence-electron chi connectivity index (χ1n) is 10.8. The highest BCUT2D eigenvalue weighted by atomic mass is 19.2. The third-order valence-electron chi connectivity index (χ3n) is 5.65. The van der Waals surface area contributed by atoms with Gasteiger partial charge in [0.15, 0.2) is 17.4 Å². The van der Waals surface area contributed by atoms with Crippen molar-refractivity contribution in [3.05, 3.63) is 100 Å². The summed E-state index contributed by atoms with van der Waals surface area (Å²) in [7, 11) is 1.57. The van der Waals surface area contributed by atoms with Gasteiger partial charge in [0.1, 0.15) is 11.6 Å². The van der Waals surface area contributed by atoms with E-state index < -0.39 is 28.9 Å². The van der Waals surface area contributed by atoms with E-state index in [0.29, 0.717) is 23.6 Å². The maximum atomic E-state index is 13.9. The molecule has 5 nitrogen and oxygen atoms in total. The van der Waals surface area contributed by atoms with Gasteiger partial charge in [-0.2, -0.15) is 0 Å². The SMILES string of the molecule is COc1ccc2c(c1)/C(=C/C(=O)c1cccc(NC(=O)c3cc(F)c(F)cc3F)c1)NC(C)(C)C2. The molecule has 0 saturated heterocycles. The molecule has 180 valence electrons. The molecule has 0 unspecified atom stereocenters. The summed E-state index contributed by atoms with van der Waals surface area (Å²) in [4.78, 5) is 25.5. The number of rotatable bonds is 5. The molecule has 35 heavy (non-hydrogen) atoms. The summed E-state index contributed by atoms with van der Waals surface area (Å²) in [5.74, 6) is -4.56. The van der Waals surface area contributed by atoms with Crippen LogP contribution in [0.1, 0.15) is 45.7 Å². The number of ether oxygens (including phenoxy) is 1. The van der Waals surface area contributed by atoms with E-state index >= 15 is 0 Å². The molecular formula is C27H23F3N2O3. The van der Waals surface area contributed by atoms with Crippen molar-refractivity contribution < 1.29 is 27.5 Å². The molecule has 1 aliphatic rings. The van der Waals surface area contributed by atoms with Gasteiger partial charge in [0.25, 0.3) is 5.91 Å². The molecule has 3 aromatic rings. The Labute approximate surface area is 200 Å². The normalized spacial score (nSPS) is 15.2. The van der Waals surface area contributed by atoms with Crippen LogP contribution >= 0.6 is 0 Å². The quantitative estimate of drug-likeness (QED) is 0.287. The van der Waals surface area contributed by atoms with Gasteiger partial charge < -0.3 is 15.4 Å². The third kappa shape index (κ3) is 5.21. The van der Waals surface area contributed by atoms with E-state index in [1.807, 2.05) is 32.0 Å². The van der Waals surface area contributed by atoms with Crippen LogP contribution in [0.2, 0.25) is 0 Å². The Kier molecular flexibility index (Phi) is 6.39. The minimum atomic E-state index is -1.39. The van der Waals surface area contributed by atoms with Gasteiger partial charge in [-0.1, -0.05) is 18.2 Å². The molecule has 0 atom stereocenters. The zero-order chi connectivity index (χ0) is 25.3. The minimum absolute atomic E-state index is 0.197. The predicted molar refractivity (Wildman–Crippen MR) is 127 cm³/mol. The number of benzene rings is 3. The second-order valence-electron chi connectivity index (χ2n) is 8.91. The van der Waals surface area contributed by atoms with Gasteiger partial charge in [-0.05, 0) is 56.2 Å². The Morgan fingerprint density at radius 1 is 1.00 bits per heavy atom. The highest BCUT2D eigenvalue weighted by molar-refractivity contribution is 6.10. The van der Waals surface area contributed by atoms with E-state index in [9.17, 15) is 22.8 Å². The van der Waals surface area contributed by atoms with Crippen molar-refractivity contribution in [1.29, 1.82) is 0 Å². The first-order chi connectivity index (χ1) is 16.6. The van der Waals surface area contributed by atoms with Crippen LogP contribution in [-0.4, -0.2) is 24.3 Å². The van der Waals surface area contributed by atoms with Crippen LogP contribution in [0, 0.1) is 17.5 Å². The monoisotopic (exact) mass is 480 g/mol. The standard InChI is InChI=1S/C27H23F3N2O3/c1-27(2)14-16-7-8-18(35-3)10-19(16)24(32-27)13-25(33)15-5-4-6-17(9-15)31-26(34)20-11-22(29)23(30)12-21(20)28/h4-13,32H,14H2,1-3H3,(H,31,34)/b24-13-. The van der Waals surface area contributed by atoms with E-state index in [2.05, 4.69) is 10.6 Å². The molecule has 0 spiro atoms. The van der Waals surface area contributed by atoms with Crippen molar-refractivity contribution in [3.8, 4) is 5.75 Å². The van der Waals surface area contributed by atoms with Crippen molar-refractivity contribution in [3.63, 3.8) is 0 Å². The smallest absolute Gasteiger partial charge is 0.258 e. The Hall–Kier alpha value is -4.07. The molecule has 3 aromatic carbocycles. The zero-order valence-electron chi connectivity index (χ0n) is 19.3. The number of amides is 1. The molecule has 1 aliphatic heterocycles. The molecule has 8 heteroatoms. The minimum Gasteiger partial charge on any atom is -0.497 e. The van der Waals surface area contributed by atoms with Gasteiger partial charge in [0, 0.05) is 40.2 Å². The summed E-state index contributed by atoms with van der Waals surface area (Å²) in [6, 6.07) is 12.6. The summed E-state index contributed by atoms with van der Waals surface area (Å²) in [5, 5.41) is 5.81. The number of allylic oxidation sites excluding steroid dienone is 1. The highest BCUT2D eigenvalue weighted by Crippen LogP contribution is 2.32. The molecule has 0 fully saturated rings. The number of carbonyl (C=O) groups is 2. The van der Waals surface area contributed by atoms with Gasteiger partial charge in [0.05, 0.1) is 12.7 Å². The van der Waals surface area contributed by atoms with Crippen LogP contribution in [0.5, 0.6) is 5.75 Å². The lowest BCUT2D eigenvalue weighted by atomic mass is 9.85. The number of hydrogen-bond acceptors (Lipinski definition) is 4. The first kappa shape index (κ1) is 24.1. The average Bonchev–Trinajstić information content (AvgIpc) is 2.80. The number of anilines is 1. The van der Waals surface area contributed by atoms with Gasteiger partial charge >= 0.3 is 0 Å². The van der Waals surface area contributed by atoms with E-state index in [-0.39, 0.29) is 22.6 Å². The van der Waals surface area contributed by atoms with Crippen molar-refractivity contribution in [2.24, 2.45) is 0 Å². The molecule has 0 radical (unpaired) electrons. The second-order valence-corrected chi connectivity index (χ2v) is 8.91. The van der Waals surface area contributed by atoms with Crippen molar-refractivity contribution in [2.75, 3.05) is 12.4 Å². The number of methoxy groups -OCH3 is 1. The molecule has 1 heterocycles. The summed E-state index contributed by atoms with van der Waals surface area (Å²) >= 11 is 0. The average molecular weight is 480 g/mol. The topological polar surface area (TPSA) is 67.4 Å². The van der Waals surface area contributed by atoms with Crippen LogP contribution < -0.4 is 15.4 Å². The summed E-state index contributed by atoms with van der Waals surface area (Å²) in [6.07, 6.45) is 2.25. The molecule has 0 aromatic heterocycles. The van der Waals surface area contributed by atoms with E-state index in [1.165, 1.54) is 18.2 Å². The second kappa shape index (κ2) is 9.29. The number of halogens is 3. The maximum absolute atomic E-state index is 13.9. The van der Waals surface area contributed by atoms with E-state index in [0.717, 1.165) is 17.5 Å². The van der Waals surface area contributed by atoms with Crippen LogP contribution in [0.3, 0.4) is 0 Å². The van der Waals surface area contributed by atoms with Gasteiger partial charge in [-0.3, -0.25) is 9.59 Å². The Morgan fingerprint density at radius 2 is 1.74 bits per heavy atom. The lowest BCUT2D eigenvalue weighted by Crippen LogP contribution is -2.43. The van der Waals surface area contributed by atoms with Crippen molar-refractivity contribution >= 4 is 23.1 Å². The summed E-state index contributed by atoms with van der Waals surface area (Å²) in [5.41, 5.74) is 2.11. The maximum Gasteiger partial charge on any atom is 0.258 e. The molecular weight excluding hydrogens is 457 g/mol.